The minimum absolute atomic E-state index is 0.0525. The van der Waals surface area contributed by atoms with E-state index in [0.717, 1.165) is 11.8 Å². The van der Waals surface area contributed by atoms with Crippen LogP contribution in [0.25, 0.3) is 0 Å². The number of benzene rings is 2. The molecule has 2 aromatic carbocycles. The average Bonchev–Trinajstić information content (AvgIpc) is 2.54. The van der Waals surface area contributed by atoms with Crippen LogP contribution in [-0.2, 0) is 14.8 Å². The fourth-order valence-corrected chi connectivity index (χ4v) is 3.46. The Labute approximate surface area is 149 Å². The summed E-state index contributed by atoms with van der Waals surface area (Å²) in [5.41, 5.74) is 0.543. The van der Waals surface area contributed by atoms with E-state index in [2.05, 4.69) is 5.32 Å². The van der Waals surface area contributed by atoms with Gasteiger partial charge in [-0.25, -0.2) is 18.4 Å². The van der Waals surface area contributed by atoms with E-state index in [1.165, 1.54) is 30.3 Å². The number of rotatable bonds is 6. The number of amides is 1. The van der Waals surface area contributed by atoms with Crippen LogP contribution in [0.1, 0.15) is 17.3 Å². The molecule has 0 aliphatic rings. The van der Waals surface area contributed by atoms with Crippen LogP contribution in [0.3, 0.4) is 0 Å². The number of aromatic carboxylic acids is 1. The summed E-state index contributed by atoms with van der Waals surface area (Å²) in [6, 6.07) is 11.9. The average molecular weight is 380 g/mol. The number of carboxylic acids is 1. The summed E-state index contributed by atoms with van der Waals surface area (Å²) in [7, 11) is -3.79. The minimum Gasteiger partial charge on any atom is -0.478 e. The van der Waals surface area contributed by atoms with Gasteiger partial charge in [-0.05, 0) is 43.3 Å². The van der Waals surface area contributed by atoms with E-state index < -0.39 is 21.2 Å². The molecular formula is C16H16N2O5S2. The van der Waals surface area contributed by atoms with Crippen LogP contribution in [0.5, 0.6) is 0 Å². The largest absolute Gasteiger partial charge is 0.478 e. The Balaban J connectivity index is 2.07. The smallest absolute Gasteiger partial charge is 0.336 e. The van der Waals surface area contributed by atoms with Crippen molar-refractivity contribution in [3.63, 3.8) is 0 Å². The zero-order valence-corrected chi connectivity index (χ0v) is 14.8. The number of primary sulfonamides is 1. The second-order valence-corrected chi connectivity index (χ2v) is 8.06. The number of carbonyl (C=O) groups is 2. The number of nitrogens with two attached hydrogens (primary N) is 1. The topological polar surface area (TPSA) is 127 Å². The molecular weight excluding hydrogens is 364 g/mol. The molecule has 7 nitrogen and oxygen atoms in total. The molecule has 0 saturated heterocycles. The summed E-state index contributed by atoms with van der Waals surface area (Å²) in [5, 5.41) is 16.3. The number of carbonyl (C=O) groups excluding carboxylic acids is 1. The summed E-state index contributed by atoms with van der Waals surface area (Å²) >= 11 is 1.12. The monoisotopic (exact) mass is 380 g/mol. The molecule has 2 rings (SSSR count). The van der Waals surface area contributed by atoms with E-state index in [1.807, 2.05) is 0 Å². The van der Waals surface area contributed by atoms with Crippen molar-refractivity contribution in [2.75, 3.05) is 5.32 Å². The second kappa shape index (κ2) is 7.68. The van der Waals surface area contributed by atoms with Gasteiger partial charge < -0.3 is 10.4 Å². The fraction of sp³-hybridized carbons (Fsp3) is 0.125. The van der Waals surface area contributed by atoms with Crippen molar-refractivity contribution in [1.82, 2.24) is 0 Å². The normalized spacial score (nSPS) is 12.4. The molecule has 1 unspecified atom stereocenters. The summed E-state index contributed by atoms with van der Waals surface area (Å²) in [6.07, 6.45) is 0. The molecule has 1 amide bonds. The van der Waals surface area contributed by atoms with Gasteiger partial charge in [0.2, 0.25) is 15.9 Å². The molecule has 0 bridgehead atoms. The third kappa shape index (κ3) is 5.05. The lowest BCUT2D eigenvalue weighted by Gasteiger charge is -2.13. The lowest BCUT2D eigenvalue weighted by molar-refractivity contribution is -0.115. The molecule has 0 spiro atoms. The molecule has 0 radical (unpaired) electrons. The van der Waals surface area contributed by atoms with Gasteiger partial charge in [0.25, 0.3) is 0 Å². The second-order valence-electron chi connectivity index (χ2n) is 5.12. The lowest BCUT2D eigenvalue weighted by Crippen LogP contribution is -2.22. The predicted molar refractivity (Wildman–Crippen MR) is 95.2 cm³/mol. The van der Waals surface area contributed by atoms with E-state index >= 15 is 0 Å². The quantitative estimate of drug-likeness (QED) is 0.659. The molecule has 2 aromatic rings. The van der Waals surface area contributed by atoms with Crippen molar-refractivity contribution in [1.29, 1.82) is 0 Å². The maximum absolute atomic E-state index is 12.3. The minimum atomic E-state index is -3.79. The number of thioether (sulfide) groups is 1. The molecule has 132 valence electrons. The Morgan fingerprint density at radius 3 is 2.28 bits per heavy atom. The van der Waals surface area contributed by atoms with Crippen molar-refractivity contribution in [2.45, 2.75) is 22.0 Å². The van der Waals surface area contributed by atoms with Crippen LogP contribution in [0.2, 0.25) is 0 Å². The van der Waals surface area contributed by atoms with Gasteiger partial charge >= 0.3 is 5.97 Å². The predicted octanol–water partition coefficient (Wildman–Crippen LogP) is 2.15. The Morgan fingerprint density at radius 1 is 1.12 bits per heavy atom. The van der Waals surface area contributed by atoms with E-state index in [4.69, 9.17) is 5.14 Å². The first kappa shape index (κ1) is 19.0. The van der Waals surface area contributed by atoms with Crippen molar-refractivity contribution >= 4 is 39.3 Å². The lowest BCUT2D eigenvalue weighted by atomic mass is 10.2. The van der Waals surface area contributed by atoms with Crippen molar-refractivity contribution < 1.29 is 23.1 Å². The first-order valence-corrected chi connectivity index (χ1v) is 9.54. The number of anilines is 1. The summed E-state index contributed by atoms with van der Waals surface area (Å²) in [6.45, 7) is 1.65. The molecule has 0 aliphatic carbocycles. The maximum Gasteiger partial charge on any atom is 0.336 e. The van der Waals surface area contributed by atoms with Crippen LogP contribution in [0.4, 0.5) is 5.69 Å². The van der Waals surface area contributed by atoms with Crippen LogP contribution in [0.15, 0.2) is 58.3 Å². The molecule has 1 atom stereocenters. The van der Waals surface area contributed by atoms with Gasteiger partial charge in [-0.1, -0.05) is 12.1 Å². The molecule has 4 N–H and O–H groups in total. The molecule has 25 heavy (non-hydrogen) atoms. The van der Waals surface area contributed by atoms with Crippen LogP contribution in [-0.4, -0.2) is 30.7 Å². The number of nitrogens with one attached hydrogen (secondary N) is 1. The van der Waals surface area contributed by atoms with Gasteiger partial charge in [-0.15, -0.1) is 11.8 Å². The highest BCUT2D eigenvalue weighted by atomic mass is 32.2. The first-order valence-electron chi connectivity index (χ1n) is 7.11. The van der Waals surface area contributed by atoms with Crippen molar-refractivity contribution in [3.8, 4) is 0 Å². The highest BCUT2D eigenvalue weighted by Crippen LogP contribution is 2.27. The molecule has 9 heteroatoms. The van der Waals surface area contributed by atoms with Crippen molar-refractivity contribution in [2.24, 2.45) is 5.14 Å². The third-order valence-corrected chi connectivity index (χ3v) is 5.35. The molecule has 0 saturated carbocycles. The number of sulfonamides is 1. The molecule has 0 aliphatic heterocycles. The summed E-state index contributed by atoms with van der Waals surface area (Å²) < 4.78 is 22.4. The van der Waals surface area contributed by atoms with E-state index in [0.29, 0.717) is 10.6 Å². The van der Waals surface area contributed by atoms with Crippen LogP contribution in [0, 0.1) is 0 Å². The third-order valence-electron chi connectivity index (χ3n) is 3.24. The Hall–Kier alpha value is -2.36. The zero-order valence-electron chi connectivity index (χ0n) is 13.2. The van der Waals surface area contributed by atoms with E-state index in [9.17, 15) is 23.1 Å². The van der Waals surface area contributed by atoms with Gasteiger partial charge in [-0.3, -0.25) is 4.79 Å². The van der Waals surface area contributed by atoms with E-state index in [-0.39, 0.29) is 16.4 Å². The van der Waals surface area contributed by atoms with E-state index in [1.54, 1.807) is 25.1 Å². The highest BCUT2D eigenvalue weighted by molar-refractivity contribution is 8.00. The maximum atomic E-state index is 12.3. The SMILES string of the molecule is CC(Sc1ccccc1C(=O)O)C(=O)Nc1ccc(S(N)(=O)=O)cc1. The van der Waals surface area contributed by atoms with Gasteiger partial charge in [-0.2, -0.15) is 0 Å². The van der Waals surface area contributed by atoms with Gasteiger partial charge in [0.1, 0.15) is 0 Å². The zero-order chi connectivity index (χ0) is 18.6. The van der Waals surface area contributed by atoms with Crippen molar-refractivity contribution in [3.05, 3.63) is 54.1 Å². The number of hydrogen-bond donors (Lipinski definition) is 3. The summed E-state index contributed by atoms with van der Waals surface area (Å²) in [5.74, 6) is -1.40. The van der Waals surface area contributed by atoms with Gasteiger partial charge in [0, 0.05) is 10.6 Å². The molecule has 0 aromatic heterocycles. The Morgan fingerprint density at radius 2 is 1.72 bits per heavy atom. The number of carboxylic acid groups (broad SMARTS) is 1. The highest BCUT2D eigenvalue weighted by Gasteiger charge is 2.18. The van der Waals surface area contributed by atoms with Crippen LogP contribution >= 0.6 is 11.8 Å². The molecule has 0 heterocycles. The standard InChI is InChI=1S/C16H16N2O5S2/c1-10(24-14-5-3-2-4-13(14)16(20)21)15(19)18-11-6-8-12(9-7-11)25(17,22)23/h2-10H,1H3,(H,18,19)(H,20,21)(H2,17,22,23). The fourth-order valence-electron chi connectivity index (χ4n) is 1.96. The first-order chi connectivity index (χ1) is 11.7. The number of hydrogen-bond acceptors (Lipinski definition) is 5. The van der Waals surface area contributed by atoms with Gasteiger partial charge in [0.15, 0.2) is 0 Å². The summed E-state index contributed by atoms with van der Waals surface area (Å²) in [4.78, 5) is 23.9. The molecule has 0 fully saturated rings. The van der Waals surface area contributed by atoms with Gasteiger partial charge in [0.05, 0.1) is 15.7 Å². The van der Waals surface area contributed by atoms with Crippen LogP contribution < -0.4 is 10.5 Å². The Bertz CT molecular complexity index is 895. The Kier molecular flexibility index (Phi) is 5.83.